The van der Waals surface area contributed by atoms with E-state index in [-0.39, 0.29) is 5.91 Å². The first-order chi connectivity index (χ1) is 4.86. The zero-order chi connectivity index (χ0) is 6.97. The Bertz CT molecular complexity index is 256. The number of hydrogen-bond acceptors (Lipinski definition) is 2. The lowest BCUT2D eigenvalue weighted by Gasteiger charge is -1.88. The van der Waals surface area contributed by atoms with Crippen LogP contribution in [0.2, 0.25) is 0 Å². The van der Waals surface area contributed by atoms with Gasteiger partial charge in [-0.25, -0.2) is 0 Å². The van der Waals surface area contributed by atoms with Gasteiger partial charge < -0.3 is 5.32 Å². The normalized spacial score (nSPS) is 13.8. The molecule has 0 bridgehead atoms. The van der Waals surface area contributed by atoms with Crippen LogP contribution in [0.15, 0.2) is 6.07 Å². The van der Waals surface area contributed by atoms with Gasteiger partial charge in [0.2, 0.25) is 5.91 Å². The molecule has 0 saturated heterocycles. The first-order valence-corrected chi connectivity index (χ1v) is 2.94. The van der Waals surface area contributed by atoms with Crippen LogP contribution < -0.4 is 5.32 Å². The van der Waals surface area contributed by atoms with Crippen molar-refractivity contribution in [2.75, 3.05) is 5.32 Å². The number of carbonyl (C=O) groups excluding carboxylic acids is 1. The van der Waals surface area contributed by atoms with Gasteiger partial charge in [0.1, 0.15) is 5.82 Å². The monoisotopic (exact) mass is 132 g/mol. The van der Waals surface area contributed by atoms with E-state index in [2.05, 4.69) is 22.6 Å². The lowest BCUT2D eigenvalue weighted by molar-refractivity contribution is -0.115. The number of rotatable bonds is 0. The minimum atomic E-state index is -0.00417. The zero-order valence-corrected chi connectivity index (χ0v) is 5.14. The van der Waals surface area contributed by atoms with Gasteiger partial charge in [-0.2, -0.15) is 4.98 Å². The van der Waals surface area contributed by atoms with Crippen molar-refractivity contribution in [1.29, 1.82) is 0 Å². The molecule has 0 fully saturated rings. The van der Waals surface area contributed by atoms with Crippen LogP contribution in [-0.4, -0.2) is 10.9 Å². The molecule has 2 rings (SSSR count). The van der Waals surface area contributed by atoms with Crippen molar-refractivity contribution in [2.45, 2.75) is 6.42 Å². The molecule has 3 nitrogen and oxygen atoms in total. The molecular formula is C7H4N2O. The summed E-state index contributed by atoms with van der Waals surface area (Å²) >= 11 is 0. The van der Waals surface area contributed by atoms with Crippen LogP contribution in [0.25, 0.3) is 0 Å². The number of fused-ring (bicyclic) bond motifs is 1. The summed E-state index contributed by atoms with van der Waals surface area (Å²) in [5, 5.41) is 2.60. The summed E-state index contributed by atoms with van der Waals surface area (Å²) in [6.07, 6.45) is 2.95. The number of nitrogens with zero attached hydrogens (tertiary/aromatic N) is 1. The van der Waals surface area contributed by atoms with Gasteiger partial charge in [0.05, 0.1) is 6.42 Å². The van der Waals surface area contributed by atoms with Gasteiger partial charge in [-0.15, -0.1) is 0 Å². The quantitative estimate of drug-likeness (QED) is 0.547. The molecule has 0 atom stereocenters. The molecule has 0 spiro atoms. The van der Waals surface area contributed by atoms with Crippen molar-refractivity contribution in [1.82, 2.24) is 4.98 Å². The topological polar surface area (TPSA) is 42.0 Å². The number of nitrogens with one attached hydrogen (secondary N) is 1. The summed E-state index contributed by atoms with van der Waals surface area (Å²) < 4.78 is 0. The first kappa shape index (κ1) is 5.24. The Hall–Kier alpha value is -1.56. The van der Waals surface area contributed by atoms with E-state index in [1.807, 2.05) is 0 Å². The van der Waals surface area contributed by atoms with Crippen LogP contribution >= 0.6 is 0 Å². The summed E-state index contributed by atoms with van der Waals surface area (Å²) in [7, 11) is 0. The SMILES string of the molecule is O=C1Cc2cc#cnc2N1. The molecule has 1 aromatic rings. The third kappa shape index (κ3) is 0.627. The van der Waals surface area contributed by atoms with Crippen LogP contribution in [-0.2, 0) is 11.2 Å². The van der Waals surface area contributed by atoms with Crippen LogP contribution in [0.1, 0.15) is 5.56 Å². The maximum absolute atomic E-state index is 10.7. The van der Waals surface area contributed by atoms with E-state index in [1.165, 1.54) is 0 Å². The number of hydrogen-bond donors (Lipinski definition) is 1. The predicted octanol–water partition coefficient (Wildman–Crippen LogP) is 0.177. The molecular weight excluding hydrogens is 128 g/mol. The fourth-order valence-electron chi connectivity index (χ4n) is 0.940. The Morgan fingerprint density at radius 1 is 1.70 bits per heavy atom. The number of aromatic nitrogens is 1. The van der Waals surface area contributed by atoms with Crippen molar-refractivity contribution in [3.63, 3.8) is 0 Å². The van der Waals surface area contributed by atoms with E-state index in [1.54, 1.807) is 6.07 Å². The van der Waals surface area contributed by atoms with Crippen molar-refractivity contribution in [3.05, 3.63) is 23.9 Å². The van der Waals surface area contributed by atoms with E-state index < -0.39 is 0 Å². The molecule has 1 aliphatic rings. The smallest absolute Gasteiger partial charge is 0.230 e. The van der Waals surface area contributed by atoms with Crippen LogP contribution in [0.5, 0.6) is 0 Å². The van der Waals surface area contributed by atoms with E-state index >= 15 is 0 Å². The van der Waals surface area contributed by atoms with Gasteiger partial charge in [0, 0.05) is 11.8 Å². The fraction of sp³-hybridized carbons (Fsp3) is 0.143. The molecule has 10 heavy (non-hydrogen) atoms. The molecule has 0 radical (unpaired) electrons. The average molecular weight is 132 g/mol. The van der Waals surface area contributed by atoms with E-state index in [9.17, 15) is 4.79 Å². The Morgan fingerprint density at radius 3 is 3.40 bits per heavy atom. The second-order valence-corrected chi connectivity index (χ2v) is 2.11. The molecule has 48 valence electrons. The second kappa shape index (κ2) is 1.71. The molecule has 0 unspecified atom stereocenters. The third-order valence-electron chi connectivity index (χ3n) is 1.39. The van der Waals surface area contributed by atoms with Crippen molar-refractivity contribution in [2.24, 2.45) is 0 Å². The highest BCUT2D eigenvalue weighted by atomic mass is 16.1. The fourth-order valence-corrected chi connectivity index (χ4v) is 0.940. The first-order valence-electron chi connectivity index (χ1n) is 2.94. The number of anilines is 1. The van der Waals surface area contributed by atoms with Crippen LogP contribution in [0.3, 0.4) is 0 Å². The Balaban J connectivity index is 2.51. The van der Waals surface area contributed by atoms with E-state index in [4.69, 9.17) is 0 Å². The van der Waals surface area contributed by atoms with Gasteiger partial charge in [-0.1, -0.05) is 0 Å². The number of amides is 1. The standard InChI is InChI=1S/C7H4N2O/c10-6-4-5-2-1-3-8-7(5)9-6/h2H,4H2,(H,8,9,10). The van der Waals surface area contributed by atoms with Gasteiger partial charge in [-0.3, -0.25) is 4.79 Å². The summed E-state index contributed by atoms with van der Waals surface area (Å²) in [5.41, 5.74) is 0.906. The summed E-state index contributed by atoms with van der Waals surface area (Å²) in [6, 6.07) is 4.41. The molecule has 2 heterocycles. The van der Waals surface area contributed by atoms with Crippen molar-refractivity contribution in [3.8, 4) is 0 Å². The second-order valence-electron chi connectivity index (χ2n) is 2.11. The highest BCUT2D eigenvalue weighted by Crippen LogP contribution is 2.16. The van der Waals surface area contributed by atoms with Gasteiger partial charge in [0.15, 0.2) is 0 Å². The van der Waals surface area contributed by atoms with E-state index in [0.29, 0.717) is 12.2 Å². The van der Waals surface area contributed by atoms with Crippen molar-refractivity contribution < 1.29 is 4.79 Å². The summed E-state index contributed by atoms with van der Waals surface area (Å²) in [6.45, 7) is 0. The zero-order valence-electron chi connectivity index (χ0n) is 5.14. The number of carbonyl (C=O) groups is 1. The maximum Gasteiger partial charge on any atom is 0.230 e. The molecule has 0 aromatic carbocycles. The Labute approximate surface area is 58.1 Å². The maximum atomic E-state index is 10.7. The lowest BCUT2D eigenvalue weighted by Crippen LogP contribution is -2.04. The lowest BCUT2D eigenvalue weighted by atomic mass is 10.2. The van der Waals surface area contributed by atoms with Crippen LogP contribution in [0.4, 0.5) is 5.82 Å². The minimum Gasteiger partial charge on any atom is -0.310 e. The largest absolute Gasteiger partial charge is 0.310 e. The molecule has 3 heteroatoms. The van der Waals surface area contributed by atoms with E-state index in [0.717, 1.165) is 5.56 Å². The minimum absolute atomic E-state index is 0.00417. The highest BCUT2D eigenvalue weighted by molar-refractivity contribution is 5.97. The van der Waals surface area contributed by atoms with Gasteiger partial charge >= 0.3 is 0 Å². The average Bonchev–Trinajstić information content (AvgIpc) is 2.27. The van der Waals surface area contributed by atoms with Crippen molar-refractivity contribution >= 4 is 11.7 Å². The third-order valence-corrected chi connectivity index (χ3v) is 1.39. The molecule has 1 aromatic heterocycles. The highest BCUT2D eigenvalue weighted by Gasteiger charge is 2.16. The van der Waals surface area contributed by atoms with Gasteiger partial charge in [-0.05, 0) is 12.1 Å². The molecule has 1 N–H and O–H groups in total. The molecule has 0 aliphatic carbocycles. The van der Waals surface area contributed by atoms with Gasteiger partial charge in [0.25, 0.3) is 0 Å². The molecule has 1 amide bonds. The molecule has 1 aliphatic heterocycles. The Morgan fingerprint density at radius 2 is 2.60 bits per heavy atom. The molecule has 0 saturated carbocycles. The summed E-state index contributed by atoms with van der Waals surface area (Å²) in [4.78, 5) is 14.5. The Kier molecular flexibility index (Phi) is 0.896. The van der Waals surface area contributed by atoms with Crippen LogP contribution in [0, 0.1) is 12.3 Å². The predicted molar refractivity (Wildman–Crippen MR) is 34.2 cm³/mol. The summed E-state index contributed by atoms with van der Waals surface area (Å²) in [5.74, 6) is 0.624.